The average molecular weight is 286 g/mol. The fourth-order valence-corrected chi connectivity index (χ4v) is 4.01. The molecule has 1 fully saturated rings. The SMILES string of the molecule is CCCCN(C1CC1)C1CCCc2ccccc2C1NC. The predicted octanol–water partition coefficient (Wildman–Crippen LogP) is 3.92. The summed E-state index contributed by atoms with van der Waals surface area (Å²) in [5, 5.41) is 3.65. The van der Waals surface area contributed by atoms with Gasteiger partial charge in [-0.2, -0.15) is 0 Å². The Morgan fingerprint density at radius 2 is 2.00 bits per heavy atom. The summed E-state index contributed by atoms with van der Waals surface area (Å²) >= 11 is 0. The van der Waals surface area contributed by atoms with Crippen molar-refractivity contribution in [2.75, 3.05) is 13.6 Å². The van der Waals surface area contributed by atoms with Crippen molar-refractivity contribution >= 4 is 0 Å². The van der Waals surface area contributed by atoms with Crippen molar-refractivity contribution in [3.05, 3.63) is 35.4 Å². The first-order valence-corrected chi connectivity index (χ1v) is 8.86. The van der Waals surface area contributed by atoms with Gasteiger partial charge in [0.1, 0.15) is 0 Å². The number of likely N-dealkylation sites (N-methyl/N-ethyl adjacent to an activating group) is 1. The van der Waals surface area contributed by atoms with E-state index in [9.17, 15) is 0 Å². The first-order chi connectivity index (χ1) is 10.3. The van der Waals surface area contributed by atoms with E-state index in [0.717, 1.165) is 6.04 Å². The molecule has 0 spiro atoms. The highest BCUT2D eigenvalue weighted by atomic mass is 15.2. The number of nitrogens with one attached hydrogen (secondary N) is 1. The van der Waals surface area contributed by atoms with Gasteiger partial charge in [-0.1, -0.05) is 37.6 Å². The van der Waals surface area contributed by atoms with E-state index < -0.39 is 0 Å². The molecule has 116 valence electrons. The number of fused-ring (bicyclic) bond motifs is 1. The highest BCUT2D eigenvalue weighted by Gasteiger charge is 2.38. The highest BCUT2D eigenvalue weighted by molar-refractivity contribution is 5.32. The summed E-state index contributed by atoms with van der Waals surface area (Å²) in [4.78, 5) is 2.84. The first kappa shape index (κ1) is 15.1. The van der Waals surface area contributed by atoms with Gasteiger partial charge in [-0.15, -0.1) is 0 Å². The Morgan fingerprint density at radius 1 is 1.19 bits per heavy atom. The topological polar surface area (TPSA) is 15.3 Å². The fraction of sp³-hybridized carbons (Fsp3) is 0.684. The van der Waals surface area contributed by atoms with Gasteiger partial charge in [0.2, 0.25) is 0 Å². The minimum Gasteiger partial charge on any atom is -0.312 e. The van der Waals surface area contributed by atoms with Crippen LogP contribution in [0, 0.1) is 0 Å². The maximum atomic E-state index is 3.65. The van der Waals surface area contributed by atoms with Crippen LogP contribution in [0.4, 0.5) is 0 Å². The summed E-state index contributed by atoms with van der Waals surface area (Å²) in [6, 6.07) is 11.1. The van der Waals surface area contributed by atoms with Crippen LogP contribution in [0.25, 0.3) is 0 Å². The van der Waals surface area contributed by atoms with Crippen LogP contribution >= 0.6 is 0 Å². The van der Waals surface area contributed by atoms with Crippen molar-refractivity contribution in [3.8, 4) is 0 Å². The van der Waals surface area contributed by atoms with Gasteiger partial charge >= 0.3 is 0 Å². The van der Waals surface area contributed by atoms with Crippen molar-refractivity contribution in [1.29, 1.82) is 0 Å². The van der Waals surface area contributed by atoms with Crippen LogP contribution in [0.2, 0.25) is 0 Å². The molecule has 2 nitrogen and oxygen atoms in total. The van der Waals surface area contributed by atoms with Gasteiger partial charge in [0.25, 0.3) is 0 Å². The summed E-state index contributed by atoms with van der Waals surface area (Å²) < 4.78 is 0. The van der Waals surface area contributed by atoms with Gasteiger partial charge in [-0.05, 0) is 63.2 Å². The van der Waals surface area contributed by atoms with Gasteiger partial charge < -0.3 is 5.32 Å². The third-order valence-corrected chi connectivity index (χ3v) is 5.24. The third kappa shape index (κ3) is 3.32. The number of rotatable bonds is 6. The van der Waals surface area contributed by atoms with Gasteiger partial charge in [-0.3, -0.25) is 4.90 Å². The zero-order valence-electron chi connectivity index (χ0n) is 13.6. The molecule has 0 bridgehead atoms. The molecule has 2 aliphatic carbocycles. The number of hydrogen-bond donors (Lipinski definition) is 1. The second-order valence-electron chi connectivity index (χ2n) is 6.75. The Labute approximate surface area is 129 Å². The van der Waals surface area contributed by atoms with Crippen LogP contribution in [0.1, 0.15) is 62.6 Å². The lowest BCUT2D eigenvalue weighted by Crippen LogP contribution is -2.45. The normalized spacial score (nSPS) is 25.7. The monoisotopic (exact) mass is 286 g/mol. The average Bonchev–Trinajstić information content (AvgIpc) is 3.34. The summed E-state index contributed by atoms with van der Waals surface area (Å²) in [7, 11) is 2.14. The van der Waals surface area contributed by atoms with Crippen molar-refractivity contribution in [2.45, 2.75) is 70.0 Å². The van der Waals surface area contributed by atoms with E-state index in [-0.39, 0.29) is 0 Å². The van der Waals surface area contributed by atoms with Crippen molar-refractivity contribution < 1.29 is 0 Å². The third-order valence-electron chi connectivity index (χ3n) is 5.24. The Bertz CT molecular complexity index is 453. The van der Waals surface area contributed by atoms with Crippen LogP contribution < -0.4 is 5.32 Å². The lowest BCUT2D eigenvalue weighted by atomic mass is 9.95. The molecule has 1 aromatic carbocycles. The maximum Gasteiger partial charge on any atom is 0.0478 e. The summed E-state index contributed by atoms with van der Waals surface area (Å²) in [5.74, 6) is 0. The lowest BCUT2D eigenvalue weighted by Gasteiger charge is -2.37. The van der Waals surface area contributed by atoms with Crippen molar-refractivity contribution in [1.82, 2.24) is 10.2 Å². The second kappa shape index (κ2) is 6.93. The molecule has 1 saturated carbocycles. The van der Waals surface area contributed by atoms with Gasteiger partial charge in [0.15, 0.2) is 0 Å². The smallest absolute Gasteiger partial charge is 0.0478 e. The van der Waals surface area contributed by atoms with Crippen LogP contribution in [-0.2, 0) is 6.42 Å². The Morgan fingerprint density at radius 3 is 2.71 bits per heavy atom. The predicted molar refractivity (Wildman–Crippen MR) is 89.6 cm³/mol. The van der Waals surface area contributed by atoms with Crippen LogP contribution in [0.15, 0.2) is 24.3 Å². The number of hydrogen-bond acceptors (Lipinski definition) is 2. The molecule has 2 atom stereocenters. The summed E-state index contributed by atoms with van der Waals surface area (Å²) in [6.45, 7) is 3.59. The van der Waals surface area contributed by atoms with E-state index >= 15 is 0 Å². The molecule has 21 heavy (non-hydrogen) atoms. The van der Waals surface area contributed by atoms with Crippen LogP contribution in [0.3, 0.4) is 0 Å². The minimum absolute atomic E-state index is 0.501. The Hall–Kier alpha value is -0.860. The molecule has 2 heteroatoms. The van der Waals surface area contributed by atoms with Gasteiger partial charge in [0.05, 0.1) is 0 Å². The molecule has 0 aromatic heterocycles. The molecule has 2 unspecified atom stereocenters. The van der Waals surface area contributed by atoms with E-state index in [1.165, 1.54) is 51.5 Å². The number of unbranched alkanes of at least 4 members (excludes halogenated alkanes) is 1. The standard InChI is InChI=1S/C19H30N2/c1-3-4-14-21(16-12-13-16)18-11-7-9-15-8-5-6-10-17(15)19(18)20-2/h5-6,8,10,16,18-20H,3-4,7,9,11-14H2,1-2H3. The number of nitrogens with zero attached hydrogens (tertiary/aromatic N) is 1. The molecule has 0 radical (unpaired) electrons. The molecule has 0 aliphatic heterocycles. The summed E-state index contributed by atoms with van der Waals surface area (Å²) in [5.41, 5.74) is 3.11. The van der Waals surface area contributed by atoms with Crippen molar-refractivity contribution in [3.63, 3.8) is 0 Å². The molecule has 3 rings (SSSR count). The maximum absolute atomic E-state index is 3.65. The molecular weight excluding hydrogens is 256 g/mol. The quantitative estimate of drug-likeness (QED) is 0.797. The molecule has 0 heterocycles. The van der Waals surface area contributed by atoms with Gasteiger partial charge in [0, 0.05) is 18.1 Å². The molecular formula is C19H30N2. The van der Waals surface area contributed by atoms with Crippen LogP contribution in [0.5, 0.6) is 0 Å². The Balaban J connectivity index is 1.85. The van der Waals surface area contributed by atoms with E-state index in [1.807, 2.05) is 0 Å². The highest BCUT2D eigenvalue weighted by Crippen LogP contribution is 2.37. The lowest BCUT2D eigenvalue weighted by molar-refractivity contribution is 0.140. The molecule has 1 aromatic rings. The Kier molecular flexibility index (Phi) is 4.97. The molecule has 0 amide bonds. The molecule has 2 aliphatic rings. The second-order valence-corrected chi connectivity index (χ2v) is 6.75. The largest absolute Gasteiger partial charge is 0.312 e. The zero-order valence-corrected chi connectivity index (χ0v) is 13.6. The number of aryl methyl sites for hydroxylation is 1. The van der Waals surface area contributed by atoms with E-state index in [1.54, 1.807) is 11.1 Å². The zero-order chi connectivity index (χ0) is 14.7. The van der Waals surface area contributed by atoms with E-state index in [0.29, 0.717) is 12.1 Å². The summed E-state index contributed by atoms with van der Waals surface area (Å²) in [6.07, 6.45) is 9.38. The van der Waals surface area contributed by atoms with E-state index in [2.05, 4.69) is 48.5 Å². The first-order valence-electron chi connectivity index (χ1n) is 8.86. The number of benzene rings is 1. The van der Waals surface area contributed by atoms with Crippen LogP contribution in [-0.4, -0.2) is 30.6 Å². The fourth-order valence-electron chi connectivity index (χ4n) is 4.01. The molecule has 1 N–H and O–H groups in total. The van der Waals surface area contributed by atoms with Crippen molar-refractivity contribution in [2.24, 2.45) is 0 Å². The minimum atomic E-state index is 0.501. The van der Waals surface area contributed by atoms with Gasteiger partial charge in [-0.25, -0.2) is 0 Å². The molecule has 0 saturated heterocycles. The van der Waals surface area contributed by atoms with E-state index in [4.69, 9.17) is 0 Å².